The molecule has 3 rings (SSSR count). The Morgan fingerprint density at radius 3 is 2.48 bits per heavy atom. The van der Waals surface area contributed by atoms with E-state index in [0.717, 1.165) is 22.5 Å². The lowest BCUT2D eigenvalue weighted by molar-refractivity contribution is -0.119. The Morgan fingerprint density at radius 2 is 1.84 bits per heavy atom. The van der Waals surface area contributed by atoms with Gasteiger partial charge in [0.15, 0.2) is 0 Å². The molecule has 0 bridgehead atoms. The van der Waals surface area contributed by atoms with Gasteiger partial charge in [-0.25, -0.2) is 0 Å². The molecule has 0 saturated carbocycles. The van der Waals surface area contributed by atoms with E-state index in [2.05, 4.69) is 5.32 Å². The van der Waals surface area contributed by atoms with Crippen molar-refractivity contribution in [2.45, 2.75) is 26.1 Å². The zero-order chi connectivity index (χ0) is 18.0. The van der Waals surface area contributed by atoms with E-state index in [1.165, 1.54) is 0 Å². The summed E-state index contributed by atoms with van der Waals surface area (Å²) in [6.07, 6.45) is 0. The summed E-state index contributed by atoms with van der Waals surface area (Å²) >= 11 is 1.63. The molecule has 4 nitrogen and oxygen atoms in total. The maximum absolute atomic E-state index is 12.4. The zero-order valence-electron chi connectivity index (χ0n) is 14.7. The number of rotatable bonds is 4. The van der Waals surface area contributed by atoms with Crippen molar-refractivity contribution in [2.24, 2.45) is 5.92 Å². The van der Waals surface area contributed by atoms with E-state index < -0.39 is 0 Å². The van der Waals surface area contributed by atoms with E-state index in [9.17, 15) is 9.59 Å². The van der Waals surface area contributed by atoms with Crippen LogP contribution in [-0.4, -0.2) is 17.6 Å². The second kappa shape index (κ2) is 7.31. The summed E-state index contributed by atoms with van der Waals surface area (Å²) in [5.74, 6) is 0.547. The van der Waals surface area contributed by atoms with Crippen LogP contribution in [0.25, 0.3) is 0 Å². The van der Waals surface area contributed by atoms with E-state index in [1.807, 2.05) is 74.2 Å². The van der Waals surface area contributed by atoms with Crippen molar-refractivity contribution in [3.05, 3.63) is 59.7 Å². The number of amides is 2. The van der Waals surface area contributed by atoms with Crippen molar-refractivity contribution < 1.29 is 9.59 Å². The number of anilines is 2. The maximum atomic E-state index is 12.4. The van der Waals surface area contributed by atoms with Gasteiger partial charge in [-0.2, -0.15) is 0 Å². The molecular weight excluding hydrogens is 332 g/mol. The highest BCUT2D eigenvalue weighted by atomic mass is 32.2. The lowest BCUT2D eigenvalue weighted by Crippen LogP contribution is -2.28. The highest BCUT2D eigenvalue weighted by Gasteiger charge is 2.34. The van der Waals surface area contributed by atoms with Crippen LogP contribution in [0.3, 0.4) is 0 Å². The molecule has 1 aliphatic heterocycles. The summed E-state index contributed by atoms with van der Waals surface area (Å²) in [7, 11) is 0. The van der Waals surface area contributed by atoms with Gasteiger partial charge in [0.05, 0.1) is 5.75 Å². The monoisotopic (exact) mass is 354 g/mol. The minimum Gasteiger partial charge on any atom is -0.326 e. The number of thioether (sulfide) groups is 1. The summed E-state index contributed by atoms with van der Waals surface area (Å²) < 4.78 is 0. The molecule has 1 saturated heterocycles. The number of nitrogens with one attached hydrogen (secondary N) is 1. The van der Waals surface area contributed by atoms with Gasteiger partial charge in [-0.3, -0.25) is 14.5 Å². The van der Waals surface area contributed by atoms with Crippen LogP contribution in [-0.2, 0) is 9.59 Å². The first-order chi connectivity index (χ1) is 12.0. The maximum Gasteiger partial charge on any atom is 0.238 e. The molecule has 1 aliphatic rings. The summed E-state index contributed by atoms with van der Waals surface area (Å²) in [4.78, 5) is 26.1. The molecule has 0 spiro atoms. The zero-order valence-corrected chi connectivity index (χ0v) is 15.5. The molecule has 1 heterocycles. The van der Waals surface area contributed by atoms with Gasteiger partial charge in [0.1, 0.15) is 5.37 Å². The van der Waals surface area contributed by atoms with Crippen LogP contribution in [0.4, 0.5) is 11.4 Å². The van der Waals surface area contributed by atoms with Gasteiger partial charge >= 0.3 is 0 Å². The van der Waals surface area contributed by atoms with Crippen molar-refractivity contribution >= 4 is 35.0 Å². The molecule has 1 fully saturated rings. The molecule has 0 aromatic heterocycles. The van der Waals surface area contributed by atoms with Crippen LogP contribution < -0.4 is 10.2 Å². The summed E-state index contributed by atoms with van der Waals surface area (Å²) in [6.45, 7) is 5.75. The number of aryl methyl sites for hydroxylation is 1. The van der Waals surface area contributed by atoms with Crippen molar-refractivity contribution in [1.82, 2.24) is 0 Å². The van der Waals surface area contributed by atoms with E-state index in [-0.39, 0.29) is 23.1 Å². The van der Waals surface area contributed by atoms with Crippen molar-refractivity contribution in [3.63, 3.8) is 0 Å². The highest BCUT2D eigenvalue weighted by Crippen LogP contribution is 2.42. The lowest BCUT2D eigenvalue weighted by atomic mass is 10.1. The van der Waals surface area contributed by atoms with E-state index in [0.29, 0.717) is 5.75 Å². The van der Waals surface area contributed by atoms with Gasteiger partial charge in [0, 0.05) is 17.3 Å². The average Bonchev–Trinajstić information content (AvgIpc) is 2.97. The third kappa shape index (κ3) is 3.71. The molecule has 0 unspecified atom stereocenters. The molecule has 0 aliphatic carbocycles. The molecule has 130 valence electrons. The number of para-hydroxylation sites is 1. The average molecular weight is 354 g/mol. The largest absolute Gasteiger partial charge is 0.326 e. The van der Waals surface area contributed by atoms with Crippen molar-refractivity contribution in [3.8, 4) is 0 Å². The van der Waals surface area contributed by atoms with Crippen LogP contribution >= 0.6 is 11.8 Å². The predicted molar refractivity (Wildman–Crippen MR) is 104 cm³/mol. The topological polar surface area (TPSA) is 49.4 Å². The summed E-state index contributed by atoms with van der Waals surface area (Å²) in [5, 5.41) is 2.86. The first kappa shape index (κ1) is 17.5. The lowest BCUT2D eigenvalue weighted by Gasteiger charge is -2.26. The normalized spacial score (nSPS) is 17.2. The number of benzene rings is 2. The van der Waals surface area contributed by atoms with Gasteiger partial charge in [0.25, 0.3) is 0 Å². The fourth-order valence-corrected chi connectivity index (χ4v) is 3.95. The molecule has 25 heavy (non-hydrogen) atoms. The standard InChI is InChI=1S/C20H22N2O2S/c1-13(2)19(24)21-16-10-8-15(9-11-16)20-22(18(23)12-25-20)17-7-5-4-6-14(17)3/h4-11,13,20H,12H2,1-3H3,(H,21,24)/t20-/m1/s1. The molecule has 1 N–H and O–H groups in total. The Labute approximate surface area is 152 Å². The Balaban J connectivity index is 1.84. The van der Waals surface area contributed by atoms with Crippen molar-refractivity contribution in [1.29, 1.82) is 0 Å². The first-order valence-electron chi connectivity index (χ1n) is 8.37. The number of hydrogen-bond donors (Lipinski definition) is 1. The summed E-state index contributed by atoms with van der Waals surface area (Å²) in [6, 6.07) is 15.7. The fourth-order valence-electron chi connectivity index (χ4n) is 2.78. The molecular formula is C20H22N2O2S. The smallest absolute Gasteiger partial charge is 0.238 e. The van der Waals surface area contributed by atoms with E-state index in [1.54, 1.807) is 11.8 Å². The highest BCUT2D eigenvalue weighted by molar-refractivity contribution is 8.00. The molecule has 2 amide bonds. The van der Waals surface area contributed by atoms with Crippen LogP contribution in [0.1, 0.15) is 30.3 Å². The second-order valence-corrected chi connectivity index (χ2v) is 7.55. The minimum atomic E-state index is -0.0563. The van der Waals surface area contributed by atoms with Crippen LogP contribution in [0.2, 0.25) is 0 Å². The first-order valence-corrected chi connectivity index (χ1v) is 9.42. The summed E-state index contributed by atoms with van der Waals surface area (Å²) in [5.41, 5.74) is 3.88. The Morgan fingerprint density at radius 1 is 1.16 bits per heavy atom. The number of hydrogen-bond acceptors (Lipinski definition) is 3. The van der Waals surface area contributed by atoms with Crippen LogP contribution in [0, 0.1) is 12.8 Å². The molecule has 2 aromatic rings. The van der Waals surface area contributed by atoms with Gasteiger partial charge in [0.2, 0.25) is 11.8 Å². The minimum absolute atomic E-state index is 0.000272. The van der Waals surface area contributed by atoms with Gasteiger partial charge < -0.3 is 5.32 Å². The Hall–Kier alpha value is -2.27. The number of nitrogens with zero attached hydrogens (tertiary/aromatic N) is 1. The van der Waals surface area contributed by atoms with Gasteiger partial charge in [-0.05, 0) is 36.2 Å². The van der Waals surface area contributed by atoms with E-state index >= 15 is 0 Å². The molecule has 0 radical (unpaired) electrons. The number of carbonyl (C=O) groups is 2. The van der Waals surface area contributed by atoms with Crippen molar-refractivity contribution in [2.75, 3.05) is 16.0 Å². The SMILES string of the molecule is Cc1ccccc1N1C(=O)CS[C@@H]1c1ccc(NC(=O)C(C)C)cc1. The molecule has 1 atom stereocenters. The second-order valence-electron chi connectivity index (χ2n) is 6.48. The molecule has 2 aromatic carbocycles. The van der Waals surface area contributed by atoms with Gasteiger partial charge in [-0.15, -0.1) is 11.8 Å². The van der Waals surface area contributed by atoms with Crippen LogP contribution in [0.5, 0.6) is 0 Å². The van der Waals surface area contributed by atoms with E-state index in [4.69, 9.17) is 0 Å². The number of carbonyl (C=O) groups excluding carboxylic acids is 2. The van der Waals surface area contributed by atoms with Gasteiger partial charge in [-0.1, -0.05) is 44.2 Å². The quantitative estimate of drug-likeness (QED) is 0.887. The fraction of sp³-hybridized carbons (Fsp3) is 0.300. The van der Waals surface area contributed by atoms with Crippen LogP contribution in [0.15, 0.2) is 48.5 Å². The predicted octanol–water partition coefficient (Wildman–Crippen LogP) is 4.37. The third-order valence-electron chi connectivity index (χ3n) is 4.23. The molecule has 5 heteroatoms. The Kier molecular flexibility index (Phi) is 5.13. The third-order valence-corrected chi connectivity index (χ3v) is 5.44. The Bertz CT molecular complexity index is 787.